The van der Waals surface area contributed by atoms with Gasteiger partial charge in [-0.25, -0.2) is 0 Å². The van der Waals surface area contributed by atoms with E-state index in [1.54, 1.807) is 0 Å². The van der Waals surface area contributed by atoms with Crippen molar-refractivity contribution in [3.8, 4) is 0 Å². The van der Waals surface area contributed by atoms with E-state index >= 15 is 0 Å². The number of aryl methyl sites for hydroxylation is 2. The molecule has 0 radical (unpaired) electrons. The molecule has 1 atom stereocenters. The Morgan fingerprint density at radius 1 is 1.44 bits per heavy atom. The molecule has 2 N–H and O–H groups in total. The van der Waals surface area contributed by atoms with Crippen molar-refractivity contribution < 1.29 is 0 Å². The molecule has 0 fully saturated rings. The molecule has 1 unspecified atom stereocenters. The Morgan fingerprint density at radius 3 is 2.50 bits per heavy atom. The Balaban J connectivity index is 2.49. The van der Waals surface area contributed by atoms with Crippen LogP contribution in [0, 0.1) is 12.8 Å². The normalized spacial score (nSPS) is 13.4. The van der Waals surface area contributed by atoms with Crippen LogP contribution in [-0.4, -0.2) is 15.8 Å². The molecule has 0 saturated heterocycles. The summed E-state index contributed by atoms with van der Waals surface area (Å²) in [4.78, 5) is 0. The van der Waals surface area contributed by atoms with Crippen LogP contribution in [0.25, 0.3) is 0 Å². The molecular formula is C12H22ClN3. The summed E-state index contributed by atoms with van der Waals surface area (Å²) >= 11 is 6.18. The van der Waals surface area contributed by atoms with Crippen molar-refractivity contribution in [1.82, 2.24) is 9.78 Å². The van der Waals surface area contributed by atoms with Crippen molar-refractivity contribution >= 4 is 11.6 Å². The summed E-state index contributed by atoms with van der Waals surface area (Å²) in [5, 5.41) is 5.10. The first-order valence-corrected chi connectivity index (χ1v) is 6.24. The van der Waals surface area contributed by atoms with Gasteiger partial charge in [-0.05, 0) is 32.1 Å². The lowest BCUT2D eigenvalue weighted by molar-refractivity contribution is 0.449. The van der Waals surface area contributed by atoms with Gasteiger partial charge in [0.05, 0.1) is 16.4 Å². The first-order valence-electron chi connectivity index (χ1n) is 5.87. The summed E-state index contributed by atoms with van der Waals surface area (Å²) in [7, 11) is 1.94. The maximum atomic E-state index is 6.18. The number of rotatable bonds is 5. The van der Waals surface area contributed by atoms with Gasteiger partial charge in [-0.15, -0.1) is 0 Å². The van der Waals surface area contributed by atoms with Crippen molar-refractivity contribution in [3.63, 3.8) is 0 Å². The van der Waals surface area contributed by atoms with E-state index in [1.165, 1.54) is 0 Å². The van der Waals surface area contributed by atoms with Crippen LogP contribution >= 0.6 is 11.6 Å². The quantitative estimate of drug-likeness (QED) is 0.864. The second kappa shape index (κ2) is 5.69. The molecule has 0 bridgehead atoms. The highest BCUT2D eigenvalue weighted by atomic mass is 35.5. The van der Waals surface area contributed by atoms with Gasteiger partial charge in [0.2, 0.25) is 0 Å². The van der Waals surface area contributed by atoms with Crippen molar-refractivity contribution in [1.29, 1.82) is 0 Å². The zero-order chi connectivity index (χ0) is 12.3. The van der Waals surface area contributed by atoms with E-state index in [9.17, 15) is 0 Å². The summed E-state index contributed by atoms with van der Waals surface area (Å²) in [6, 6.07) is 0.285. The van der Waals surface area contributed by atoms with Crippen LogP contribution < -0.4 is 5.73 Å². The van der Waals surface area contributed by atoms with E-state index in [4.69, 9.17) is 17.3 Å². The molecule has 1 heterocycles. The molecule has 4 heteroatoms. The van der Waals surface area contributed by atoms with Crippen molar-refractivity contribution in [3.05, 3.63) is 16.4 Å². The van der Waals surface area contributed by atoms with Crippen molar-refractivity contribution in [2.24, 2.45) is 18.7 Å². The fourth-order valence-corrected chi connectivity index (χ4v) is 2.04. The van der Waals surface area contributed by atoms with Gasteiger partial charge in [-0.3, -0.25) is 4.68 Å². The fourth-order valence-electron chi connectivity index (χ4n) is 1.79. The summed E-state index contributed by atoms with van der Waals surface area (Å²) in [6.45, 7) is 6.25. The van der Waals surface area contributed by atoms with Crippen LogP contribution in [0.4, 0.5) is 0 Å². The van der Waals surface area contributed by atoms with E-state index in [0.29, 0.717) is 5.92 Å². The first-order chi connectivity index (χ1) is 7.43. The summed E-state index contributed by atoms with van der Waals surface area (Å²) in [5.74, 6) is 0.545. The van der Waals surface area contributed by atoms with E-state index in [1.807, 2.05) is 18.7 Å². The fraction of sp³-hybridized carbons (Fsp3) is 0.750. The summed E-state index contributed by atoms with van der Waals surface area (Å²) in [6.07, 6.45) is 3.06. The van der Waals surface area contributed by atoms with Crippen LogP contribution in [0.1, 0.15) is 38.1 Å². The number of halogens is 1. The van der Waals surface area contributed by atoms with Gasteiger partial charge in [0.15, 0.2) is 0 Å². The third-order valence-electron chi connectivity index (χ3n) is 3.07. The van der Waals surface area contributed by atoms with Gasteiger partial charge < -0.3 is 5.73 Å². The van der Waals surface area contributed by atoms with E-state index in [0.717, 1.165) is 35.7 Å². The molecule has 16 heavy (non-hydrogen) atoms. The van der Waals surface area contributed by atoms with Crippen LogP contribution in [0.2, 0.25) is 5.02 Å². The molecule has 1 aromatic heterocycles. The standard InChI is InChI=1S/C12H22ClN3/c1-8(2)10(14)6-5-7-11-12(13)9(3)15-16(11)4/h8,10H,5-7,14H2,1-4H3. The molecule has 0 aliphatic carbocycles. The Kier molecular flexibility index (Phi) is 4.81. The second-order valence-electron chi connectivity index (χ2n) is 4.77. The number of nitrogens with zero attached hydrogens (tertiary/aromatic N) is 2. The largest absolute Gasteiger partial charge is 0.327 e. The van der Waals surface area contributed by atoms with Crippen molar-refractivity contribution in [2.45, 2.75) is 46.1 Å². The minimum Gasteiger partial charge on any atom is -0.327 e. The smallest absolute Gasteiger partial charge is 0.0846 e. The van der Waals surface area contributed by atoms with Gasteiger partial charge in [0.1, 0.15) is 0 Å². The third-order valence-corrected chi connectivity index (χ3v) is 3.56. The molecule has 0 saturated carbocycles. The Bertz CT molecular complexity index is 344. The maximum absolute atomic E-state index is 6.18. The molecule has 92 valence electrons. The molecular weight excluding hydrogens is 222 g/mol. The monoisotopic (exact) mass is 243 g/mol. The number of nitrogens with two attached hydrogens (primary N) is 1. The molecule has 0 aliphatic rings. The van der Waals surface area contributed by atoms with Gasteiger partial charge >= 0.3 is 0 Å². The third kappa shape index (κ3) is 3.22. The van der Waals surface area contributed by atoms with Gasteiger partial charge in [-0.2, -0.15) is 5.10 Å². The summed E-state index contributed by atoms with van der Waals surface area (Å²) in [5.41, 5.74) is 8.04. The molecule has 0 spiro atoms. The highest BCUT2D eigenvalue weighted by Gasteiger charge is 2.12. The van der Waals surface area contributed by atoms with Crippen molar-refractivity contribution in [2.75, 3.05) is 0 Å². The Labute approximate surface area is 103 Å². The zero-order valence-electron chi connectivity index (χ0n) is 10.6. The molecule has 3 nitrogen and oxygen atoms in total. The van der Waals surface area contributed by atoms with Gasteiger partial charge in [0, 0.05) is 13.1 Å². The second-order valence-corrected chi connectivity index (χ2v) is 5.15. The van der Waals surface area contributed by atoms with E-state index < -0.39 is 0 Å². The van der Waals surface area contributed by atoms with Gasteiger partial charge in [-0.1, -0.05) is 25.4 Å². The predicted octanol–water partition coefficient (Wildman–Crippen LogP) is 2.69. The van der Waals surface area contributed by atoms with E-state index in [-0.39, 0.29) is 6.04 Å². The lowest BCUT2D eigenvalue weighted by atomic mass is 9.99. The Morgan fingerprint density at radius 2 is 2.06 bits per heavy atom. The highest BCUT2D eigenvalue weighted by Crippen LogP contribution is 2.21. The van der Waals surface area contributed by atoms with Crippen LogP contribution in [0.3, 0.4) is 0 Å². The molecule has 0 aliphatic heterocycles. The molecule has 1 aromatic rings. The molecule has 0 amide bonds. The summed E-state index contributed by atoms with van der Waals surface area (Å²) < 4.78 is 1.87. The minimum absolute atomic E-state index is 0.285. The lowest BCUT2D eigenvalue weighted by Gasteiger charge is -2.15. The van der Waals surface area contributed by atoms with E-state index in [2.05, 4.69) is 18.9 Å². The first kappa shape index (κ1) is 13.5. The Hall–Kier alpha value is -0.540. The average molecular weight is 244 g/mol. The number of aromatic nitrogens is 2. The topological polar surface area (TPSA) is 43.8 Å². The van der Waals surface area contributed by atoms with Crippen LogP contribution in [0.15, 0.2) is 0 Å². The maximum Gasteiger partial charge on any atom is 0.0846 e. The SMILES string of the molecule is Cc1nn(C)c(CCCC(N)C(C)C)c1Cl. The van der Waals surface area contributed by atoms with Crippen LogP contribution in [-0.2, 0) is 13.5 Å². The number of hydrogen-bond acceptors (Lipinski definition) is 2. The number of hydrogen-bond donors (Lipinski definition) is 1. The highest BCUT2D eigenvalue weighted by molar-refractivity contribution is 6.31. The minimum atomic E-state index is 0.285. The average Bonchev–Trinajstić information content (AvgIpc) is 2.44. The lowest BCUT2D eigenvalue weighted by Crippen LogP contribution is -2.26. The van der Waals surface area contributed by atoms with Crippen LogP contribution in [0.5, 0.6) is 0 Å². The van der Waals surface area contributed by atoms with Gasteiger partial charge in [0.25, 0.3) is 0 Å². The predicted molar refractivity (Wildman–Crippen MR) is 68.7 cm³/mol. The molecule has 0 aromatic carbocycles. The molecule has 1 rings (SSSR count). The zero-order valence-corrected chi connectivity index (χ0v) is 11.4.